The zero-order valence-corrected chi connectivity index (χ0v) is 15.9. The maximum atomic E-state index is 12.9. The van der Waals surface area contributed by atoms with Gasteiger partial charge in [0.1, 0.15) is 0 Å². The lowest BCUT2D eigenvalue weighted by atomic mass is 9.88. The Labute approximate surface area is 162 Å². The summed E-state index contributed by atoms with van der Waals surface area (Å²) in [6.45, 7) is 1.72. The third kappa shape index (κ3) is 3.46. The fourth-order valence-corrected chi connectivity index (χ4v) is 4.17. The Morgan fingerprint density at radius 1 is 1.08 bits per heavy atom. The van der Waals surface area contributed by atoms with Crippen molar-refractivity contribution in [2.75, 3.05) is 13.1 Å². The van der Waals surface area contributed by atoms with Crippen LogP contribution < -0.4 is 0 Å². The topological polar surface area (TPSA) is 36.1 Å². The van der Waals surface area contributed by atoms with E-state index in [9.17, 15) is 4.79 Å². The largest absolute Gasteiger partial charge is 0.361 e. The number of amides is 1. The number of carbonyl (C=O) groups excluding carboxylic acids is 1. The van der Waals surface area contributed by atoms with Gasteiger partial charge in [0.15, 0.2) is 0 Å². The molecule has 3 aromatic rings. The van der Waals surface area contributed by atoms with E-state index in [1.54, 1.807) is 0 Å². The van der Waals surface area contributed by atoms with Crippen LogP contribution in [0.3, 0.4) is 0 Å². The summed E-state index contributed by atoms with van der Waals surface area (Å²) >= 11 is 12.5. The van der Waals surface area contributed by atoms with Crippen molar-refractivity contribution >= 4 is 40.0 Å². The molecule has 5 heteroatoms. The van der Waals surface area contributed by atoms with E-state index in [1.165, 1.54) is 0 Å². The van der Waals surface area contributed by atoms with Gasteiger partial charge >= 0.3 is 0 Å². The number of likely N-dealkylation sites (tertiary alicyclic amines) is 1. The van der Waals surface area contributed by atoms with Crippen molar-refractivity contribution in [3.05, 3.63) is 69.8 Å². The zero-order chi connectivity index (χ0) is 18.1. The lowest BCUT2D eigenvalue weighted by Gasteiger charge is -2.21. The van der Waals surface area contributed by atoms with Crippen LogP contribution in [-0.2, 0) is 4.79 Å². The number of nitrogens with one attached hydrogen (secondary N) is 1. The number of rotatable bonds is 4. The van der Waals surface area contributed by atoms with E-state index in [4.69, 9.17) is 23.2 Å². The van der Waals surface area contributed by atoms with Crippen molar-refractivity contribution in [3.8, 4) is 0 Å². The number of fused-ring (bicyclic) bond motifs is 1. The molecule has 0 radical (unpaired) electrons. The first kappa shape index (κ1) is 17.4. The van der Waals surface area contributed by atoms with Gasteiger partial charge in [0.25, 0.3) is 0 Å². The van der Waals surface area contributed by atoms with Crippen LogP contribution in [0, 0.1) is 0 Å². The Kier molecular flexibility index (Phi) is 4.92. The second-order valence-corrected chi connectivity index (χ2v) is 7.71. The SMILES string of the molecule is O=C(CC(c1cccc(Cl)c1)c1c[nH]c2ccc(Cl)cc12)N1CCCC1. The summed E-state index contributed by atoms with van der Waals surface area (Å²) in [6, 6.07) is 13.6. The van der Waals surface area contributed by atoms with E-state index in [0.717, 1.165) is 48.0 Å². The van der Waals surface area contributed by atoms with Crippen LogP contribution in [0.15, 0.2) is 48.7 Å². The summed E-state index contributed by atoms with van der Waals surface area (Å²) in [6.07, 6.45) is 4.61. The van der Waals surface area contributed by atoms with Crippen LogP contribution in [-0.4, -0.2) is 28.9 Å². The minimum atomic E-state index is -0.0611. The van der Waals surface area contributed by atoms with Crippen molar-refractivity contribution in [1.29, 1.82) is 0 Å². The Morgan fingerprint density at radius 3 is 2.62 bits per heavy atom. The quantitative estimate of drug-likeness (QED) is 0.620. The number of aromatic amines is 1. The van der Waals surface area contributed by atoms with Gasteiger partial charge in [-0.15, -0.1) is 0 Å². The zero-order valence-electron chi connectivity index (χ0n) is 14.3. The third-order valence-electron chi connectivity index (χ3n) is 5.14. The summed E-state index contributed by atoms with van der Waals surface area (Å²) in [7, 11) is 0. The molecular weight excluding hydrogens is 367 g/mol. The number of hydrogen-bond acceptors (Lipinski definition) is 1. The van der Waals surface area contributed by atoms with Crippen LogP contribution in [0.4, 0.5) is 0 Å². The van der Waals surface area contributed by atoms with Gasteiger partial charge < -0.3 is 9.88 Å². The molecule has 26 heavy (non-hydrogen) atoms. The first-order valence-corrected chi connectivity index (χ1v) is 9.67. The van der Waals surface area contributed by atoms with Crippen LogP contribution in [0.1, 0.15) is 36.3 Å². The molecule has 4 rings (SSSR count). The lowest BCUT2D eigenvalue weighted by Crippen LogP contribution is -2.29. The number of aromatic nitrogens is 1. The Balaban J connectivity index is 1.76. The van der Waals surface area contributed by atoms with Crippen molar-refractivity contribution in [2.45, 2.75) is 25.2 Å². The number of halogens is 2. The molecule has 2 aromatic carbocycles. The molecule has 1 unspecified atom stereocenters. The molecule has 1 fully saturated rings. The molecule has 0 aliphatic carbocycles. The average Bonchev–Trinajstić information content (AvgIpc) is 3.29. The van der Waals surface area contributed by atoms with Crippen molar-refractivity contribution in [2.24, 2.45) is 0 Å². The Bertz CT molecular complexity index is 944. The van der Waals surface area contributed by atoms with E-state index in [-0.39, 0.29) is 11.8 Å². The summed E-state index contributed by atoms with van der Waals surface area (Å²) < 4.78 is 0. The minimum absolute atomic E-state index is 0.0611. The van der Waals surface area contributed by atoms with Crippen LogP contribution in [0.25, 0.3) is 10.9 Å². The molecular formula is C21H20Cl2N2O. The van der Waals surface area contributed by atoms with Gasteiger partial charge in [0.05, 0.1) is 0 Å². The molecule has 2 heterocycles. The molecule has 0 saturated carbocycles. The van der Waals surface area contributed by atoms with Crippen LogP contribution >= 0.6 is 23.2 Å². The van der Waals surface area contributed by atoms with Gasteiger partial charge in [-0.3, -0.25) is 4.79 Å². The highest BCUT2D eigenvalue weighted by molar-refractivity contribution is 6.31. The van der Waals surface area contributed by atoms with Gasteiger partial charge in [0, 0.05) is 52.6 Å². The molecule has 3 nitrogen and oxygen atoms in total. The molecule has 1 aromatic heterocycles. The normalized spacial score (nSPS) is 15.5. The van der Waals surface area contributed by atoms with E-state index in [2.05, 4.69) is 4.98 Å². The maximum Gasteiger partial charge on any atom is 0.223 e. The van der Waals surface area contributed by atoms with Crippen LogP contribution in [0.5, 0.6) is 0 Å². The monoisotopic (exact) mass is 386 g/mol. The number of benzene rings is 2. The summed E-state index contributed by atoms with van der Waals surface area (Å²) in [5, 5.41) is 2.42. The van der Waals surface area contributed by atoms with Crippen molar-refractivity contribution in [1.82, 2.24) is 9.88 Å². The predicted octanol–water partition coefficient (Wildman–Crippen LogP) is 5.62. The minimum Gasteiger partial charge on any atom is -0.361 e. The molecule has 1 aliphatic rings. The average molecular weight is 387 g/mol. The molecule has 134 valence electrons. The Hall–Kier alpha value is -1.97. The lowest BCUT2D eigenvalue weighted by molar-refractivity contribution is -0.130. The van der Waals surface area contributed by atoms with Gasteiger partial charge in [-0.1, -0.05) is 35.3 Å². The molecule has 0 bridgehead atoms. The van der Waals surface area contributed by atoms with E-state index in [0.29, 0.717) is 16.5 Å². The molecule has 1 aliphatic heterocycles. The smallest absolute Gasteiger partial charge is 0.223 e. The fraction of sp³-hybridized carbons (Fsp3) is 0.286. The maximum absolute atomic E-state index is 12.9. The number of H-pyrrole nitrogens is 1. The second-order valence-electron chi connectivity index (χ2n) is 6.83. The second kappa shape index (κ2) is 7.34. The summed E-state index contributed by atoms with van der Waals surface area (Å²) in [5.41, 5.74) is 3.15. The van der Waals surface area contributed by atoms with Gasteiger partial charge in [-0.05, 0) is 54.3 Å². The molecule has 1 amide bonds. The van der Waals surface area contributed by atoms with Crippen LogP contribution in [0.2, 0.25) is 10.0 Å². The standard InChI is InChI=1S/C21H20Cl2N2O/c22-15-5-3-4-14(10-15)17(12-21(26)25-8-1-2-9-25)19-13-24-20-7-6-16(23)11-18(19)20/h3-7,10-11,13,17,24H,1-2,8-9,12H2. The van der Waals surface area contributed by atoms with Gasteiger partial charge in [-0.2, -0.15) is 0 Å². The van der Waals surface area contributed by atoms with E-state index in [1.807, 2.05) is 53.6 Å². The number of carbonyl (C=O) groups is 1. The molecule has 1 saturated heterocycles. The van der Waals surface area contributed by atoms with Gasteiger partial charge in [-0.25, -0.2) is 0 Å². The van der Waals surface area contributed by atoms with E-state index >= 15 is 0 Å². The highest BCUT2D eigenvalue weighted by Gasteiger charge is 2.26. The molecule has 1 atom stereocenters. The highest BCUT2D eigenvalue weighted by atomic mass is 35.5. The third-order valence-corrected chi connectivity index (χ3v) is 5.61. The number of hydrogen-bond donors (Lipinski definition) is 1. The number of nitrogens with zero attached hydrogens (tertiary/aromatic N) is 1. The first-order valence-electron chi connectivity index (χ1n) is 8.91. The van der Waals surface area contributed by atoms with Gasteiger partial charge in [0.2, 0.25) is 5.91 Å². The van der Waals surface area contributed by atoms with Crippen molar-refractivity contribution < 1.29 is 4.79 Å². The molecule has 1 N–H and O–H groups in total. The van der Waals surface area contributed by atoms with E-state index < -0.39 is 0 Å². The first-order chi connectivity index (χ1) is 12.6. The summed E-state index contributed by atoms with van der Waals surface area (Å²) in [5.74, 6) is 0.137. The molecule has 0 spiro atoms. The van der Waals surface area contributed by atoms with Crippen molar-refractivity contribution in [3.63, 3.8) is 0 Å². The predicted molar refractivity (Wildman–Crippen MR) is 107 cm³/mol. The fourth-order valence-electron chi connectivity index (χ4n) is 3.80. The summed E-state index contributed by atoms with van der Waals surface area (Å²) in [4.78, 5) is 18.1. The highest BCUT2D eigenvalue weighted by Crippen LogP contribution is 2.36. The Morgan fingerprint density at radius 2 is 1.85 bits per heavy atom.